The van der Waals surface area contributed by atoms with Gasteiger partial charge in [0.2, 0.25) is 0 Å². The summed E-state index contributed by atoms with van der Waals surface area (Å²) in [6.45, 7) is 0.374. The molecule has 0 amide bonds. The first-order chi connectivity index (χ1) is 5.59. The van der Waals surface area contributed by atoms with Gasteiger partial charge in [-0.05, 0) is 0 Å². The maximum absolute atomic E-state index is 10.6. The molecule has 1 fully saturated rings. The molecule has 1 heterocycles. The summed E-state index contributed by atoms with van der Waals surface area (Å²) in [5.74, 6) is -2.94. The van der Waals surface area contributed by atoms with Crippen LogP contribution < -0.4 is 5.32 Å². The van der Waals surface area contributed by atoms with Crippen molar-refractivity contribution in [1.29, 1.82) is 0 Å². The van der Waals surface area contributed by atoms with Crippen molar-refractivity contribution >= 4 is 11.9 Å². The number of ether oxygens (including phenoxy) is 1. The molecular formula is C6H9NO5. The number of rotatable bonds is 2. The molecule has 0 unspecified atom stereocenters. The van der Waals surface area contributed by atoms with Gasteiger partial charge in [-0.15, -0.1) is 0 Å². The highest BCUT2D eigenvalue weighted by Gasteiger charge is 2.49. The van der Waals surface area contributed by atoms with Crippen LogP contribution in [0.4, 0.5) is 0 Å². The summed E-state index contributed by atoms with van der Waals surface area (Å²) < 4.78 is 4.73. The molecule has 1 aliphatic heterocycles. The summed E-state index contributed by atoms with van der Waals surface area (Å²) in [4.78, 5) is 21.1. The van der Waals surface area contributed by atoms with E-state index in [1.54, 1.807) is 0 Å². The average molecular weight is 175 g/mol. The van der Waals surface area contributed by atoms with E-state index in [2.05, 4.69) is 5.32 Å². The Kier molecular flexibility index (Phi) is 2.30. The third-order valence-corrected chi connectivity index (χ3v) is 1.69. The van der Waals surface area contributed by atoms with Crippen molar-refractivity contribution in [3.05, 3.63) is 0 Å². The molecule has 0 aliphatic carbocycles. The van der Waals surface area contributed by atoms with Gasteiger partial charge in [-0.1, -0.05) is 0 Å². The fraction of sp³-hybridized carbons (Fsp3) is 0.667. The smallest absolute Gasteiger partial charge is 0.349 e. The number of hydrogen-bond acceptors (Lipinski definition) is 4. The van der Waals surface area contributed by atoms with Crippen LogP contribution in [0.2, 0.25) is 0 Å². The predicted molar refractivity (Wildman–Crippen MR) is 36.8 cm³/mol. The molecule has 0 atom stereocenters. The van der Waals surface area contributed by atoms with Crippen molar-refractivity contribution in [2.45, 2.75) is 5.60 Å². The maximum atomic E-state index is 10.6. The van der Waals surface area contributed by atoms with Gasteiger partial charge >= 0.3 is 11.9 Å². The van der Waals surface area contributed by atoms with Crippen LogP contribution >= 0.6 is 0 Å². The molecule has 1 saturated heterocycles. The Morgan fingerprint density at radius 3 is 2.17 bits per heavy atom. The largest absolute Gasteiger partial charge is 0.479 e. The standard InChI is InChI=1S/C6H9NO5/c8-4(9)6(5(10)11)3-7-1-2-12-6/h7H,1-3H2,(H,8,9)(H,10,11). The number of carbonyl (C=O) groups is 2. The normalized spacial score (nSPS) is 21.7. The predicted octanol–water partition coefficient (Wildman–Crippen LogP) is -1.49. The highest BCUT2D eigenvalue weighted by Crippen LogP contribution is 2.13. The van der Waals surface area contributed by atoms with Gasteiger partial charge in [0, 0.05) is 13.1 Å². The molecule has 6 heteroatoms. The lowest BCUT2D eigenvalue weighted by Crippen LogP contribution is -2.60. The van der Waals surface area contributed by atoms with Gasteiger partial charge in [0.15, 0.2) is 0 Å². The first-order valence-corrected chi connectivity index (χ1v) is 3.41. The number of nitrogens with one attached hydrogen (secondary N) is 1. The van der Waals surface area contributed by atoms with Crippen LogP contribution in [0.15, 0.2) is 0 Å². The molecule has 0 aromatic heterocycles. The van der Waals surface area contributed by atoms with E-state index in [4.69, 9.17) is 14.9 Å². The second kappa shape index (κ2) is 3.08. The van der Waals surface area contributed by atoms with E-state index in [-0.39, 0.29) is 13.2 Å². The molecule has 0 aromatic rings. The van der Waals surface area contributed by atoms with Gasteiger partial charge in [-0.2, -0.15) is 0 Å². The maximum Gasteiger partial charge on any atom is 0.349 e. The third kappa shape index (κ3) is 1.26. The van der Waals surface area contributed by atoms with Gasteiger partial charge in [-0.3, -0.25) is 0 Å². The Morgan fingerprint density at radius 1 is 1.33 bits per heavy atom. The van der Waals surface area contributed by atoms with Gasteiger partial charge in [0.05, 0.1) is 6.61 Å². The summed E-state index contributed by atoms with van der Waals surface area (Å²) in [5, 5.41) is 19.9. The quantitative estimate of drug-likeness (QED) is 0.443. The molecule has 0 saturated carbocycles. The lowest BCUT2D eigenvalue weighted by Gasteiger charge is -2.29. The van der Waals surface area contributed by atoms with E-state index in [9.17, 15) is 9.59 Å². The second-order valence-electron chi connectivity index (χ2n) is 2.46. The van der Waals surface area contributed by atoms with Crippen LogP contribution in [-0.2, 0) is 14.3 Å². The van der Waals surface area contributed by atoms with E-state index in [0.29, 0.717) is 6.54 Å². The molecule has 3 N–H and O–H groups in total. The van der Waals surface area contributed by atoms with Crippen molar-refractivity contribution in [3.8, 4) is 0 Å². The van der Waals surface area contributed by atoms with E-state index in [1.165, 1.54) is 0 Å². The van der Waals surface area contributed by atoms with Crippen LogP contribution in [-0.4, -0.2) is 47.4 Å². The van der Waals surface area contributed by atoms with E-state index in [0.717, 1.165) is 0 Å². The van der Waals surface area contributed by atoms with Crippen LogP contribution in [0.25, 0.3) is 0 Å². The molecule has 0 spiro atoms. The van der Waals surface area contributed by atoms with Crippen molar-refractivity contribution in [1.82, 2.24) is 5.32 Å². The number of aliphatic carboxylic acids is 2. The average Bonchev–Trinajstić information content (AvgIpc) is 2.05. The van der Waals surface area contributed by atoms with Crippen molar-refractivity contribution < 1.29 is 24.5 Å². The van der Waals surface area contributed by atoms with Gasteiger partial charge in [0.1, 0.15) is 0 Å². The summed E-state index contributed by atoms with van der Waals surface area (Å²) in [6.07, 6.45) is 0. The van der Waals surface area contributed by atoms with Crippen LogP contribution in [0.3, 0.4) is 0 Å². The summed E-state index contributed by atoms with van der Waals surface area (Å²) in [6, 6.07) is 0. The van der Waals surface area contributed by atoms with E-state index < -0.39 is 17.5 Å². The minimum atomic E-state index is -2.10. The van der Waals surface area contributed by atoms with E-state index in [1.807, 2.05) is 0 Å². The molecule has 68 valence electrons. The topological polar surface area (TPSA) is 95.9 Å². The van der Waals surface area contributed by atoms with Gasteiger partial charge in [0.25, 0.3) is 5.60 Å². The molecule has 12 heavy (non-hydrogen) atoms. The lowest BCUT2D eigenvalue weighted by atomic mass is 10.0. The zero-order valence-corrected chi connectivity index (χ0v) is 6.24. The second-order valence-corrected chi connectivity index (χ2v) is 2.46. The number of carboxylic acids is 2. The first-order valence-electron chi connectivity index (χ1n) is 3.41. The Balaban J connectivity index is 2.84. The fourth-order valence-corrected chi connectivity index (χ4v) is 0.979. The monoisotopic (exact) mass is 175 g/mol. The summed E-state index contributed by atoms with van der Waals surface area (Å²) in [7, 11) is 0. The fourth-order valence-electron chi connectivity index (χ4n) is 0.979. The van der Waals surface area contributed by atoms with Crippen molar-refractivity contribution in [2.75, 3.05) is 19.7 Å². The minimum Gasteiger partial charge on any atom is -0.479 e. The van der Waals surface area contributed by atoms with Crippen LogP contribution in [0.1, 0.15) is 0 Å². The lowest BCUT2D eigenvalue weighted by molar-refractivity contribution is -0.186. The van der Waals surface area contributed by atoms with Crippen molar-refractivity contribution in [3.63, 3.8) is 0 Å². The third-order valence-electron chi connectivity index (χ3n) is 1.69. The molecule has 0 radical (unpaired) electrons. The van der Waals surface area contributed by atoms with Crippen molar-refractivity contribution in [2.24, 2.45) is 0 Å². The number of hydrogen-bond donors (Lipinski definition) is 3. The molecular weight excluding hydrogens is 166 g/mol. The molecule has 6 nitrogen and oxygen atoms in total. The molecule has 1 aliphatic rings. The van der Waals surface area contributed by atoms with Crippen LogP contribution in [0, 0.1) is 0 Å². The Bertz CT molecular complexity index is 192. The van der Waals surface area contributed by atoms with Crippen LogP contribution in [0.5, 0.6) is 0 Å². The SMILES string of the molecule is O=C(O)C1(C(=O)O)CNCCO1. The minimum absolute atomic E-state index is 0.0958. The highest BCUT2D eigenvalue weighted by molar-refractivity contribution is 6.02. The Hall–Kier alpha value is -1.14. The zero-order valence-electron chi connectivity index (χ0n) is 6.24. The molecule has 0 bridgehead atoms. The Morgan fingerprint density at radius 2 is 1.92 bits per heavy atom. The van der Waals surface area contributed by atoms with E-state index >= 15 is 0 Å². The molecule has 1 rings (SSSR count). The highest BCUT2D eigenvalue weighted by atomic mass is 16.6. The molecule has 0 aromatic carbocycles. The van der Waals surface area contributed by atoms with Gasteiger partial charge < -0.3 is 20.3 Å². The zero-order chi connectivity index (χ0) is 9.19. The van der Waals surface area contributed by atoms with Gasteiger partial charge in [-0.25, -0.2) is 9.59 Å². The first kappa shape index (κ1) is 8.95. The summed E-state index contributed by atoms with van der Waals surface area (Å²) in [5.41, 5.74) is -2.10. The Labute approximate surface area is 68.1 Å². The number of carboxylic acid groups (broad SMARTS) is 2. The number of morpholine rings is 1. The summed E-state index contributed by atoms with van der Waals surface area (Å²) >= 11 is 0.